The number of nitrogens with one attached hydrogen (secondary N) is 1. The maximum Gasteiger partial charge on any atom is 0.0951 e. The van der Waals surface area contributed by atoms with E-state index in [-0.39, 0.29) is 6.04 Å². The van der Waals surface area contributed by atoms with E-state index in [1.165, 1.54) is 18.5 Å². The van der Waals surface area contributed by atoms with Crippen LogP contribution >= 0.6 is 0 Å². The summed E-state index contributed by atoms with van der Waals surface area (Å²) in [5.74, 6) is 0. The first-order chi connectivity index (χ1) is 8.84. The standard InChI is InChI=1S/C14H18N4/c1-11(14-4-2-3-7-16-14)17-9-13-8-15-10-18(13)12-5-6-12/h2-4,7-8,10-12,17H,5-6,9H2,1H3/t11-/m0/s1. The van der Waals surface area contributed by atoms with Crippen molar-refractivity contribution in [2.45, 2.75) is 38.4 Å². The fraction of sp³-hybridized carbons (Fsp3) is 0.429. The highest BCUT2D eigenvalue weighted by atomic mass is 15.1. The van der Waals surface area contributed by atoms with Gasteiger partial charge < -0.3 is 9.88 Å². The Balaban J connectivity index is 1.62. The smallest absolute Gasteiger partial charge is 0.0951 e. The SMILES string of the molecule is C[C@H](NCc1cncn1C1CC1)c1ccccn1. The normalized spacial score (nSPS) is 16.7. The number of pyridine rings is 1. The summed E-state index contributed by atoms with van der Waals surface area (Å²) in [5.41, 5.74) is 2.34. The minimum Gasteiger partial charge on any atom is -0.330 e. The highest BCUT2D eigenvalue weighted by Crippen LogP contribution is 2.35. The summed E-state index contributed by atoms with van der Waals surface area (Å²) in [6.45, 7) is 2.98. The predicted octanol–water partition coefficient (Wildman–Crippen LogP) is 2.46. The zero-order chi connectivity index (χ0) is 12.4. The van der Waals surface area contributed by atoms with Gasteiger partial charge in [0.1, 0.15) is 0 Å². The van der Waals surface area contributed by atoms with E-state index in [0.717, 1.165) is 12.2 Å². The molecule has 0 radical (unpaired) electrons. The molecule has 0 unspecified atom stereocenters. The van der Waals surface area contributed by atoms with Crippen molar-refractivity contribution >= 4 is 0 Å². The summed E-state index contributed by atoms with van der Waals surface area (Å²) >= 11 is 0. The van der Waals surface area contributed by atoms with Crippen LogP contribution in [0.4, 0.5) is 0 Å². The molecule has 0 aromatic carbocycles. The third kappa shape index (κ3) is 2.43. The summed E-state index contributed by atoms with van der Waals surface area (Å²) in [5, 5.41) is 3.50. The highest BCUT2D eigenvalue weighted by molar-refractivity contribution is 5.09. The third-order valence-electron chi connectivity index (χ3n) is 3.41. The Morgan fingerprint density at radius 2 is 2.33 bits per heavy atom. The first-order valence-electron chi connectivity index (χ1n) is 6.49. The Labute approximate surface area is 107 Å². The van der Waals surface area contributed by atoms with Gasteiger partial charge in [0.05, 0.1) is 17.7 Å². The molecular formula is C14H18N4. The van der Waals surface area contributed by atoms with Crippen LogP contribution in [0.1, 0.15) is 43.2 Å². The van der Waals surface area contributed by atoms with E-state index >= 15 is 0 Å². The maximum absolute atomic E-state index is 4.36. The Morgan fingerprint density at radius 1 is 1.44 bits per heavy atom. The molecule has 0 saturated heterocycles. The molecule has 0 spiro atoms. The van der Waals surface area contributed by atoms with Gasteiger partial charge in [0.15, 0.2) is 0 Å². The molecular weight excluding hydrogens is 224 g/mol. The number of imidazole rings is 1. The monoisotopic (exact) mass is 242 g/mol. The molecule has 1 aliphatic carbocycles. The van der Waals surface area contributed by atoms with Gasteiger partial charge in [-0.15, -0.1) is 0 Å². The second-order valence-electron chi connectivity index (χ2n) is 4.88. The van der Waals surface area contributed by atoms with Gasteiger partial charge in [0, 0.05) is 31.0 Å². The fourth-order valence-corrected chi connectivity index (χ4v) is 2.14. The molecule has 0 aliphatic heterocycles. The van der Waals surface area contributed by atoms with Crippen molar-refractivity contribution in [3.8, 4) is 0 Å². The number of aromatic nitrogens is 3. The topological polar surface area (TPSA) is 42.7 Å². The summed E-state index contributed by atoms with van der Waals surface area (Å²) in [6.07, 6.45) is 8.32. The predicted molar refractivity (Wildman–Crippen MR) is 70.0 cm³/mol. The highest BCUT2D eigenvalue weighted by Gasteiger charge is 2.25. The van der Waals surface area contributed by atoms with Crippen LogP contribution in [-0.4, -0.2) is 14.5 Å². The molecule has 18 heavy (non-hydrogen) atoms. The minimum absolute atomic E-state index is 0.258. The van der Waals surface area contributed by atoms with Crippen LogP contribution in [0.15, 0.2) is 36.9 Å². The minimum atomic E-state index is 0.258. The van der Waals surface area contributed by atoms with Crippen LogP contribution in [0.25, 0.3) is 0 Å². The number of hydrogen-bond donors (Lipinski definition) is 1. The van der Waals surface area contributed by atoms with E-state index in [1.807, 2.05) is 30.9 Å². The second-order valence-corrected chi connectivity index (χ2v) is 4.88. The van der Waals surface area contributed by atoms with Crippen LogP contribution in [0.2, 0.25) is 0 Å². The van der Waals surface area contributed by atoms with Crippen LogP contribution < -0.4 is 5.32 Å². The van der Waals surface area contributed by atoms with Gasteiger partial charge in [-0.2, -0.15) is 0 Å². The Hall–Kier alpha value is -1.68. The summed E-state index contributed by atoms with van der Waals surface area (Å²) < 4.78 is 2.29. The molecule has 0 amide bonds. The number of nitrogens with zero attached hydrogens (tertiary/aromatic N) is 3. The summed E-state index contributed by atoms with van der Waals surface area (Å²) in [6, 6.07) is 6.96. The van der Waals surface area contributed by atoms with Crippen molar-refractivity contribution < 1.29 is 0 Å². The number of hydrogen-bond acceptors (Lipinski definition) is 3. The van der Waals surface area contributed by atoms with E-state index < -0.39 is 0 Å². The quantitative estimate of drug-likeness (QED) is 0.875. The lowest BCUT2D eigenvalue weighted by Gasteiger charge is -2.14. The second kappa shape index (κ2) is 4.90. The molecule has 3 rings (SSSR count). The summed E-state index contributed by atoms with van der Waals surface area (Å²) in [4.78, 5) is 8.60. The molecule has 2 aromatic heterocycles. The van der Waals surface area contributed by atoms with E-state index in [9.17, 15) is 0 Å². The average molecular weight is 242 g/mol. The Kier molecular flexibility index (Phi) is 3.11. The lowest BCUT2D eigenvalue weighted by Crippen LogP contribution is -2.20. The molecule has 1 fully saturated rings. The van der Waals surface area contributed by atoms with Crippen molar-refractivity contribution in [2.24, 2.45) is 0 Å². The maximum atomic E-state index is 4.36. The zero-order valence-corrected chi connectivity index (χ0v) is 10.6. The van der Waals surface area contributed by atoms with Crippen molar-refractivity contribution in [1.29, 1.82) is 0 Å². The molecule has 4 nitrogen and oxygen atoms in total. The third-order valence-corrected chi connectivity index (χ3v) is 3.41. The van der Waals surface area contributed by atoms with E-state index in [1.54, 1.807) is 0 Å². The average Bonchev–Trinajstić information content (AvgIpc) is 3.16. The van der Waals surface area contributed by atoms with Crippen LogP contribution in [0.3, 0.4) is 0 Å². The van der Waals surface area contributed by atoms with Crippen LogP contribution in [0.5, 0.6) is 0 Å². The molecule has 1 aliphatic rings. The van der Waals surface area contributed by atoms with Gasteiger partial charge in [-0.25, -0.2) is 4.98 Å². The van der Waals surface area contributed by atoms with Gasteiger partial charge in [-0.1, -0.05) is 6.07 Å². The molecule has 1 saturated carbocycles. The largest absolute Gasteiger partial charge is 0.330 e. The zero-order valence-electron chi connectivity index (χ0n) is 10.6. The van der Waals surface area contributed by atoms with E-state index in [4.69, 9.17) is 0 Å². The fourth-order valence-electron chi connectivity index (χ4n) is 2.14. The lowest BCUT2D eigenvalue weighted by molar-refractivity contribution is 0.537. The molecule has 94 valence electrons. The lowest BCUT2D eigenvalue weighted by atomic mass is 10.2. The Morgan fingerprint density at radius 3 is 3.06 bits per heavy atom. The molecule has 0 bridgehead atoms. The van der Waals surface area contributed by atoms with Crippen LogP contribution in [0, 0.1) is 0 Å². The number of rotatable bonds is 5. The van der Waals surface area contributed by atoms with Gasteiger partial charge >= 0.3 is 0 Å². The van der Waals surface area contributed by atoms with Crippen molar-refractivity contribution in [3.05, 3.63) is 48.3 Å². The van der Waals surface area contributed by atoms with E-state index in [0.29, 0.717) is 6.04 Å². The molecule has 1 N–H and O–H groups in total. The first-order valence-corrected chi connectivity index (χ1v) is 6.49. The van der Waals surface area contributed by atoms with Crippen molar-refractivity contribution in [2.75, 3.05) is 0 Å². The molecule has 4 heteroatoms. The van der Waals surface area contributed by atoms with Crippen molar-refractivity contribution in [3.63, 3.8) is 0 Å². The first kappa shape index (κ1) is 11.4. The Bertz CT molecular complexity index is 502. The summed E-state index contributed by atoms with van der Waals surface area (Å²) in [7, 11) is 0. The van der Waals surface area contributed by atoms with Gasteiger partial charge in [0.25, 0.3) is 0 Å². The van der Waals surface area contributed by atoms with E-state index in [2.05, 4.69) is 32.8 Å². The van der Waals surface area contributed by atoms with Gasteiger partial charge in [-0.05, 0) is 31.9 Å². The molecule has 2 heterocycles. The van der Waals surface area contributed by atoms with Gasteiger partial charge in [-0.3, -0.25) is 4.98 Å². The molecule has 1 atom stereocenters. The van der Waals surface area contributed by atoms with Crippen molar-refractivity contribution in [1.82, 2.24) is 19.9 Å². The van der Waals surface area contributed by atoms with Crippen LogP contribution in [-0.2, 0) is 6.54 Å². The molecule has 2 aromatic rings. The van der Waals surface area contributed by atoms with Gasteiger partial charge in [0.2, 0.25) is 0 Å².